The number of hydrogen-bond acceptors (Lipinski definition) is 5. The van der Waals surface area contributed by atoms with Gasteiger partial charge in [0.1, 0.15) is 5.01 Å². The van der Waals surface area contributed by atoms with Gasteiger partial charge in [0.15, 0.2) is 11.5 Å². The van der Waals surface area contributed by atoms with Gasteiger partial charge in [0.25, 0.3) is 0 Å². The van der Waals surface area contributed by atoms with Gasteiger partial charge >= 0.3 is 0 Å². The lowest BCUT2D eigenvalue weighted by Crippen LogP contribution is -2.30. The first-order valence-electron chi connectivity index (χ1n) is 8.20. The average molecular weight is 330 g/mol. The molecule has 122 valence electrons. The standard InChI is InChI=1S/C18H22N2O2S/c1-21-15-8-12-6-7-20(10-13(12)9-16(15)22-2)11-18-19-14-4-3-5-17(14)23-18/h8-9H,3-7,10-11H2,1-2H3. The van der Waals surface area contributed by atoms with E-state index in [-0.39, 0.29) is 0 Å². The highest BCUT2D eigenvalue weighted by Gasteiger charge is 2.22. The number of nitrogens with zero attached hydrogens (tertiary/aromatic N) is 2. The van der Waals surface area contributed by atoms with Gasteiger partial charge < -0.3 is 9.47 Å². The lowest BCUT2D eigenvalue weighted by molar-refractivity contribution is 0.243. The van der Waals surface area contributed by atoms with Crippen LogP contribution in [0.25, 0.3) is 0 Å². The largest absolute Gasteiger partial charge is 0.493 e. The summed E-state index contributed by atoms with van der Waals surface area (Å²) in [7, 11) is 3.39. The molecular formula is C18H22N2O2S. The second-order valence-electron chi connectivity index (χ2n) is 6.27. The third kappa shape index (κ3) is 2.83. The van der Waals surface area contributed by atoms with Crippen LogP contribution in [0.15, 0.2) is 12.1 Å². The second-order valence-corrected chi connectivity index (χ2v) is 7.44. The highest BCUT2D eigenvalue weighted by molar-refractivity contribution is 7.11. The Morgan fingerprint density at radius 2 is 1.87 bits per heavy atom. The zero-order valence-corrected chi connectivity index (χ0v) is 14.5. The van der Waals surface area contributed by atoms with Crippen molar-refractivity contribution in [3.63, 3.8) is 0 Å². The lowest BCUT2D eigenvalue weighted by Gasteiger charge is -2.28. The van der Waals surface area contributed by atoms with Crippen LogP contribution < -0.4 is 9.47 Å². The van der Waals surface area contributed by atoms with Crippen LogP contribution in [0.2, 0.25) is 0 Å². The summed E-state index contributed by atoms with van der Waals surface area (Å²) in [5, 5.41) is 1.28. The lowest BCUT2D eigenvalue weighted by atomic mass is 9.99. The van der Waals surface area contributed by atoms with E-state index in [0.29, 0.717) is 0 Å². The molecule has 0 spiro atoms. The number of thiazole rings is 1. The summed E-state index contributed by atoms with van der Waals surface area (Å²) in [5.74, 6) is 1.65. The Morgan fingerprint density at radius 3 is 2.61 bits per heavy atom. The second kappa shape index (κ2) is 6.13. The molecule has 2 aliphatic rings. The van der Waals surface area contributed by atoms with Gasteiger partial charge in [0, 0.05) is 18.0 Å². The van der Waals surface area contributed by atoms with Gasteiger partial charge in [0.2, 0.25) is 0 Å². The molecule has 4 nitrogen and oxygen atoms in total. The number of fused-ring (bicyclic) bond motifs is 2. The molecule has 4 rings (SSSR count). The minimum absolute atomic E-state index is 0.821. The van der Waals surface area contributed by atoms with E-state index < -0.39 is 0 Å². The van der Waals surface area contributed by atoms with Crippen molar-refractivity contribution >= 4 is 11.3 Å². The summed E-state index contributed by atoms with van der Waals surface area (Å²) >= 11 is 1.91. The Morgan fingerprint density at radius 1 is 1.09 bits per heavy atom. The molecule has 0 bridgehead atoms. The first-order chi connectivity index (χ1) is 11.3. The molecule has 1 aliphatic carbocycles. The summed E-state index contributed by atoms with van der Waals surface area (Å²) in [5.41, 5.74) is 4.08. The average Bonchev–Trinajstić information content (AvgIpc) is 3.14. The summed E-state index contributed by atoms with van der Waals surface area (Å²) in [6.07, 6.45) is 4.74. The van der Waals surface area contributed by atoms with E-state index in [2.05, 4.69) is 17.0 Å². The Labute approximate surface area is 141 Å². The number of ether oxygens (including phenoxy) is 2. The Kier molecular flexibility index (Phi) is 3.99. The molecule has 0 radical (unpaired) electrons. The van der Waals surface area contributed by atoms with E-state index in [4.69, 9.17) is 14.5 Å². The molecule has 1 aromatic heterocycles. The van der Waals surface area contributed by atoms with E-state index in [1.54, 1.807) is 14.2 Å². The third-order valence-corrected chi connectivity index (χ3v) is 5.94. The first-order valence-corrected chi connectivity index (χ1v) is 9.02. The smallest absolute Gasteiger partial charge is 0.161 e. The van der Waals surface area contributed by atoms with E-state index >= 15 is 0 Å². The number of hydrogen-bond donors (Lipinski definition) is 0. The summed E-state index contributed by atoms with van der Waals surface area (Å²) < 4.78 is 10.9. The van der Waals surface area contributed by atoms with E-state index in [9.17, 15) is 0 Å². The van der Waals surface area contributed by atoms with Gasteiger partial charge in [-0.3, -0.25) is 4.90 Å². The zero-order chi connectivity index (χ0) is 15.8. The van der Waals surface area contributed by atoms with Crippen LogP contribution in [0.4, 0.5) is 0 Å². The first kappa shape index (κ1) is 15.0. The van der Waals surface area contributed by atoms with Gasteiger partial charge in [-0.25, -0.2) is 4.98 Å². The topological polar surface area (TPSA) is 34.6 Å². The molecule has 0 amide bonds. The molecule has 0 fully saturated rings. The Hall–Kier alpha value is -1.59. The molecule has 0 atom stereocenters. The van der Waals surface area contributed by atoms with Crippen molar-refractivity contribution in [2.24, 2.45) is 0 Å². The van der Waals surface area contributed by atoms with Gasteiger partial charge in [0.05, 0.1) is 26.5 Å². The molecule has 0 unspecified atom stereocenters. The molecule has 2 aromatic rings. The number of methoxy groups -OCH3 is 2. The highest BCUT2D eigenvalue weighted by atomic mass is 32.1. The molecule has 1 aliphatic heterocycles. The maximum Gasteiger partial charge on any atom is 0.161 e. The summed E-state index contributed by atoms with van der Waals surface area (Å²) in [6, 6.07) is 4.26. The summed E-state index contributed by atoms with van der Waals surface area (Å²) in [4.78, 5) is 8.84. The Bertz CT molecular complexity index is 705. The molecular weight excluding hydrogens is 308 g/mol. The minimum atomic E-state index is 0.821. The van der Waals surface area contributed by atoms with Crippen LogP contribution in [0.5, 0.6) is 11.5 Å². The van der Waals surface area contributed by atoms with Crippen molar-refractivity contribution in [2.75, 3.05) is 20.8 Å². The van der Waals surface area contributed by atoms with Gasteiger partial charge in [-0.2, -0.15) is 0 Å². The maximum absolute atomic E-state index is 5.44. The zero-order valence-electron chi connectivity index (χ0n) is 13.7. The van der Waals surface area contributed by atoms with Crippen molar-refractivity contribution in [2.45, 2.75) is 38.8 Å². The van der Waals surface area contributed by atoms with Crippen LogP contribution in [0.1, 0.15) is 33.1 Å². The van der Waals surface area contributed by atoms with Crippen molar-refractivity contribution in [3.05, 3.63) is 38.8 Å². The molecule has 23 heavy (non-hydrogen) atoms. The highest BCUT2D eigenvalue weighted by Crippen LogP contribution is 2.34. The van der Waals surface area contributed by atoms with Crippen LogP contribution in [-0.4, -0.2) is 30.6 Å². The molecule has 0 saturated heterocycles. The van der Waals surface area contributed by atoms with E-state index in [1.165, 1.54) is 46.0 Å². The minimum Gasteiger partial charge on any atom is -0.493 e. The molecule has 0 saturated carbocycles. The van der Waals surface area contributed by atoms with Gasteiger partial charge in [-0.1, -0.05) is 0 Å². The van der Waals surface area contributed by atoms with Crippen molar-refractivity contribution < 1.29 is 9.47 Å². The fourth-order valence-electron chi connectivity index (χ4n) is 3.58. The predicted octanol–water partition coefficient (Wildman–Crippen LogP) is 3.21. The molecule has 2 heterocycles. The van der Waals surface area contributed by atoms with Crippen LogP contribution in [0, 0.1) is 0 Å². The van der Waals surface area contributed by atoms with Crippen molar-refractivity contribution in [1.82, 2.24) is 9.88 Å². The van der Waals surface area contributed by atoms with E-state index in [0.717, 1.165) is 37.6 Å². The SMILES string of the molecule is COc1cc2c(cc1OC)CN(Cc1nc3c(s1)CCC3)CC2. The number of rotatable bonds is 4. The monoisotopic (exact) mass is 330 g/mol. The molecule has 1 aromatic carbocycles. The van der Waals surface area contributed by atoms with Crippen LogP contribution in [-0.2, 0) is 32.4 Å². The quantitative estimate of drug-likeness (QED) is 0.862. The molecule has 5 heteroatoms. The van der Waals surface area contributed by atoms with Crippen LogP contribution in [0.3, 0.4) is 0 Å². The van der Waals surface area contributed by atoms with Crippen molar-refractivity contribution in [1.29, 1.82) is 0 Å². The fraction of sp³-hybridized carbons (Fsp3) is 0.500. The van der Waals surface area contributed by atoms with E-state index in [1.807, 2.05) is 11.3 Å². The number of aryl methyl sites for hydroxylation is 2. The fourth-order valence-corrected chi connectivity index (χ4v) is 4.78. The molecule has 0 N–H and O–H groups in total. The third-order valence-electron chi connectivity index (χ3n) is 4.80. The van der Waals surface area contributed by atoms with Crippen LogP contribution >= 0.6 is 11.3 Å². The van der Waals surface area contributed by atoms with Gasteiger partial charge in [-0.15, -0.1) is 11.3 Å². The predicted molar refractivity (Wildman–Crippen MR) is 91.5 cm³/mol. The number of benzene rings is 1. The maximum atomic E-state index is 5.44. The van der Waals surface area contributed by atoms with Crippen molar-refractivity contribution in [3.8, 4) is 11.5 Å². The normalized spacial score (nSPS) is 17.0. The Balaban J connectivity index is 1.51. The summed E-state index contributed by atoms with van der Waals surface area (Å²) in [6.45, 7) is 3.00. The van der Waals surface area contributed by atoms with Gasteiger partial charge in [-0.05, 0) is 48.9 Å². The number of aromatic nitrogens is 1.